The lowest BCUT2D eigenvalue weighted by Gasteiger charge is -2.13. The Morgan fingerprint density at radius 1 is 0.879 bits per heavy atom. The molecular formula is C28H32INO3. The second-order valence-corrected chi connectivity index (χ2v) is 8.90. The number of nitrogens with zero attached hydrogens (tertiary/aromatic N) is 1. The maximum atomic E-state index is 13.3. The molecular weight excluding hydrogens is 525 g/mol. The van der Waals surface area contributed by atoms with E-state index >= 15 is 0 Å². The van der Waals surface area contributed by atoms with Gasteiger partial charge in [-0.2, -0.15) is 4.73 Å². The van der Waals surface area contributed by atoms with E-state index < -0.39 is 0 Å². The van der Waals surface area contributed by atoms with E-state index in [-0.39, 0.29) is 5.43 Å². The highest BCUT2D eigenvalue weighted by Crippen LogP contribution is 2.24. The largest absolute Gasteiger partial charge is 0.465 e. The topological polar surface area (TPSA) is 40.5 Å². The lowest BCUT2D eigenvalue weighted by atomic mass is 10.0. The molecule has 1 aromatic heterocycles. The molecule has 0 bridgehead atoms. The zero-order chi connectivity index (χ0) is 23.3. The van der Waals surface area contributed by atoms with E-state index in [1.807, 2.05) is 61.5 Å². The summed E-state index contributed by atoms with van der Waals surface area (Å²) in [5.74, 6) is 0.707. The van der Waals surface area contributed by atoms with E-state index in [2.05, 4.69) is 28.7 Å². The third kappa shape index (κ3) is 7.77. The smallest absolute Gasteiger partial charge is 0.197 e. The molecule has 5 heteroatoms. The zero-order valence-corrected chi connectivity index (χ0v) is 21.4. The number of aromatic nitrogens is 1. The van der Waals surface area contributed by atoms with Crippen LogP contribution >= 0.6 is 22.6 Å². The minimum atomic E-state index is -0.0348. The number of hydrogen-bond acceptors (Lipinski definition) is 3. The van der Waals surface area contributed by atoms with Crippen LogP contribution in [0.2, 0.25) is 0 Å². The van der Waals surface area contributed by atoms with Crippen LogP contribution in [0, 0.1) is 0 Å². The van der Waals surface area contributed by atoms with Crippen molar-refractivity contribution in [3.8, 4) is 28.0 Å². The number of pyridine rings is 1. The first kappa shape index (κ1) is 25.1. The first-order valence-electron chi connectivity index (χ1n) is 11.7. The van der Waals surface area contributed by atoms with Gasteiger partial charge in [-0.15, -0.1) is 0 Å². The number of ether oxygens (including phenoxy) is 1. The normalized spacial score (nSPS) is 11.1. The van der Waals surface area contributed by atoms with Crippen molar-refractivity contribution in [2.45, 2.75) is 45.4 Å². The highest BCUT2D eigenvalue weighted by Gasteiger charge is 2.13. The minimum Gasteiger partial charge on any atom is -0.465 e. The van der Waals surface area contributed by atoms with Gasteiger partial charge in [0.1, 0.15) is 12.4 Å². The standard InChI is InChI=1S/C28H32INO3/c1-2-33-30-21-26(23-14-9-8-10-15-23)28(31)27(22-30)24-16-13-17-25(20-24)32-19-12-7-5-3-4-6-11-18-29/h8-10,12-17,19-22H,2-7,11,18H2,1H3. The minimum absolute atomic E-state index is 0.0348. The molecule has 2 aromatic carbocycles. The molecule has 3 rings (SSSR count). The van der Waals surface area contributed by atoms with E-state index in [4.69, 9.17) is 9.57 Å². The number of alkyl halides is 1. The molecule has 0 atom stereocenters. The Bertz CT molecular complexity index is 1080. The van der Waals surface area contributed by atoms with E-state index in [1.54, 1.807) is 23.4 Å². The average Bonchev–Trinajstić information content (AvgIpc) is 2.85. The number of unbranched alkanes of at least 4 members (excludes halogenated alkanes) is 5. The number of rotatable bonds is 13. The lowest BCUT2D eigenvalue weighted by Crippen LogP contribution is -2.18. The van der Waals surface area contributed by atoms with Crippen molar-refractivity contribution >= 4 is 22.6 Å². The van der Waals surface area contributed by atoms with Crippen LogP contribution in [-0.4, -0.2) is 15.8 Å². The van der Waals surface area contributed by atoms with Crippen LogP contribution < -0.4 is 15.0 Å². The summed E-state index contributed by atoms with van der Waals surface area (Å²) in [7, 11) is 0. The van der Waals surface area contributed by atoms with Crippen LogP contribution in [0.1, 0.15) is 45.4 Å². The predicted molar refractivity (Wildman–Crippen MR) is 145 cm³/mol. The molecule has 174 valence electrons. The van der Waals surface area contributed by atoms with Gasteiger partial charge in [-0.1, -0.05) is 84.3 Å². The van der Waals surface area contributed by atoms with Gasteiger partial charge in [0.2, 0.25) is 0 Å². The lowest BCUT2D eigenvalue weighted by molar-refractivity contribution is 0.121. The van der Waals surface area contributed by atoms with Crippen molar-refractivity contribution in [2.24, 2.45) is 0 Å². The third-order valence-electron chi connectivity index (χ3n) is 5.31. The summed E-state index contributed by atoms with van der Waals surface area (Å²) in [6.45, 7) is 2.43. The molecule has 4 nitrogen and oxygen atoms in total. The van der Waals surface area contributed by atoms with Crippen molar-refractivity contribution in [2.75, 3.05) is 11.0 Å². The number of allylic oxidation sites excluding steroid dienone is 1. The van der Waals surface area contributed by atoms with Crippen molar-refractivity contribution in [3.05, 3.63) is 89.6 Å². The molecule has 0 aliphatic rings. The van der Waals surface area contributed by atoms with E-state index in [9.17, 15) is 4.79 Å². The van der Waals surface area contributed by atoms with E-state index in [0.717, 1.165) is 17.5 Å². The third-order valence-corrected chi connectivity index (χ3v) is 6.08. The first-order valence-corrected chi connectivity index (χ1v) is 13.2. The molecule has 0 aliphatic carbocycles. The molecule has 33 heavy (non-hydrogen) atoms. The number of benzene rings is 2. The summed E-state index contributed by atoms with van der Waals surface area (Å²) in [6.07, 6.45) is 14.7. The molecule has 0 fully saturated rings. The summed E-state index contributed by atoms with van der Waals surface area (Å²) in [5.41, 5.74) is 2.80. The van der Waals surface area contributed by atoms with Crippen LogP contribution in [0.5, 0.6) is 5.75 Å². The van der Waals surface area contributed by atoms with Gasteiger partial charge in [-0.05, 0) is 59.9 Å². The average molecular weight is 557 g/mol. The van der Waals surface area contributed by atoms with Crippen LogP contribution in [0.25, 0.3) is 22.3 Å². The monoisotopic (exact) mass is 557 g/mol. The molecule has 0 aliphatic heterocycles. The highest BCUT2D eigenvalue weighted by atomic mass is 127. The summed E-state index contributed by atoms with van der Waals surface area (Å²) in [4.78, 5) is 19.0. The van der Waals surface area contributed by atoms with Gasteiger partial charge in [-0.25, -0.2) is 0 Å². The van der Waals surface area contributed by atoms with Crippen molar-refractivity contribution in [3.63, 3.8) is 0 Å². The van der Waals surface area contributed by atoms with Gasteiger partial charge in [0, 0.05) is 11.1 Å². The molecule has 0 saturated heterocycles. The molecule has 0 unspecified atom stereocenters. The zero-order valence-electron chi connectivity index (χ0n) is 19.2. The fourth-order valence-electron chi connectivity index (χ4n) is 3.63. The van der Waals surface area contributed by atoms with Gasteiger partial charge in [0.05, 0.1) is 18.7 Å². The van der Waals surface area contributed by atoms with Crippen LogP contribution in [-0.2, 0) is 0 Å². The molecule has 0 N–H and O–H groups in total. The second kappa shape index (κ2) is 13.9. The van der Waals surface area contributed by atoms with Gasteiger partial charge in [0.15, 0.2) is 5.43 Å². The van der Waals surface area contributed by atoms with Gasteiger partial charge < -0.3 is 9.57 Å². The Labute approximate surface area is 210 Å². The van der Waals surface area contributed by atoms with Gasteiger partial charge in [0.25, 0.3) is 0 Å². The summed E-state index contributed by atoms with van der Waals surface area (Å²) in [5, 5.41) is 0. The Hall–Kier alpha value is -2.54. The Morgan fingerprint density at radius 2 is 1.58 bits per heavy atom. The molecule has 1 heterocycles. The Balaban J connectivity index is 1.73. The number of hydrogen-bond donors (Lipinski definition) is 0. The molecule has 0 radical (unpaired) electrons. The molecule has 0 amide bonds. The van der Waals surface area contributed by atoms with E-state index in [1.165, 1.54) is 36.5 Å². The summed E-state index contributed by atoms with van der Waals surface area (Å²) in [6, 6.07) is 17.3. The first-order chi connectivity index (χ1) is 16.2. The Kier molecular flexibility index (Phi) is 10.6. The molecule has 0 saturated carbocycles. The second-order valence-electron chi connectivity index (χ2n) is 7.82. The predicted octanol–water partition coefficient (Wildman–Crippen LogP) is 7.30. The fourth-order valence-corrected chi connectivity index (χ4v) is 4.16. The van der Waals surface area contributed by atoms with Crippen molar-refractivity contribution in [1.82, 2.24) is 4.73 Å². The van der Waals surface area contributed by atoms with Gasteiger partial charge >= 0.3 is 0 Å². The summed E-state index contributed by atoms with van der Waals surface area (Å²) < 4.78 is 8.69. The highest BCUT2D eigenvalue weighted by molar-refractivity contribution is 14.1. The number of halogens is 1. The quantitative estimate of drug-likeness (QED) is 0.0959. The van der Waals surface area contributed by atoms with Crippen LogP contribution in [0.4, 0.5) is 0 Å². The Morgan fingerprint density at radius 3 is 2.33 bits per heavy atom. The van der Waals surface area contributed by atoms with Crippen molar-refractivity contribution < 1.29 is 9.57 Å². The summed E-state index contributed by atoms with van der Waals surface area (Å²) >= 11 is 2.44. The van der Waals surface area contributed by atoms with Crippen LogP contribution in [0.15, 0.2) is 84.1 Å². The molecule has 0 spiro atoms. The fraction of sp³-hybridized carbons (Fsp3) is 0.321. The molecule has 3 aromatic rings. The van der Waals surface area contributed by atoms with Crippen LogP contribution in [0.3, 0.4) is 0 Å². The van der Waals surface area contributed by atoms with Crippen molar-refractivity contribution in [1.29, 1.82) is 0 Å². The SMILES string of the molecule is CCOn1cc(-c2ccccc2)c(=O)c(-c2cccc(OC=CCCCCCCCI)c2)c1. The van der Waals surface area contributed by atoms with Gasteiger partial charge in [-0.3, -0.25) is 4.79 Å². The van der Waals surface area contributed by atoms with E-state index in [0.29, 0.717) is 23.5 Å². The maximum absolute atomic E-state index is 13.3. The maximum Gasteiger partial charge on any atom is 0.197 e.